The van der Waals surface area contributed by atoms with Crippen molar-refractivity contribution in [3.05, 3.63) is 29.8 Å². The van der Waals surface area contributed by atoms with Crippen LogP contribution >= 0.6 is 11.8 Å². The van der Waals surface area contributed by atoms with Gasteiger partial charge in [0.15, 0.2) is 11.6 Å². The lowest BCUT2D eigenvalue weighted by Gasteiger charge is -2.30. The standard InChI is InChI=1S/C14H18F2N2O3S2/c1-23(20,21)18-6-4-10(5-7-18)17-14(19)9-22-11-2-3-12(15)13(16)8-11/h2-3,8,10H,4-7,9H2,1H3,(H,17,19). The van der Waals surface area contributed by atoms with Crippen molar-refractivity contribution in [3.63, 3.8) is 0 Å². The first-order valence-corrected chi connectivity index (χ1v) is 9.91. The summed E-state index contributed by atoms with van der Waals surface area (Å²) in [6.45, 7) is 0.778. The van der Waals surface area contributed by atoms with Crippen molar-refractivity contribution in [3.8, 4) is 0 Å². The molecule has 2 rings (SSSR count). The van der Waals surface area contributed by atoms with Crippen LogP contribution in [-0.4, -0.2) is 49.8 Å². The summed E-state index contributed by atoms with van der Waals surface area (Å²) in [6.07, 6.45) is 2.30. The Kier molecular flexibility index (Phi) is 5.99. The lowest BCUT2D eigenvalue weighted by Crippen LogP contribution is -2.46. The minimum Gasteiger partial charge on any atom is -0.353 e. The fraction of sp³-hybridized carbons (Fsp3) is 0.500. The van der Waals surface area contributed by atoms with E-state index in [0.29, 0.717) is 30.8 Å². The first-order chi connectivity index (χ1) is 10.8. The molecule has 1 fully saturated rings. The molecular weight excluding hydrogens is 346 g/mol. The topological polar surface area (TPSA) is 66.5 Å². The quantitative estimate of drug-likeness (QED) is 0.806. The van der Waals surface area contributed by atoms with Gasteiger partial charge in [-0.25, -0.2) is 21.5 Å². The van der Waals surface area contributed by atoms with Gasteiger partial charge in [0.1, 0.15) is 0 Å². The van der Waals surface area contributed by atoms with Crippen molar-refractivity contribution in [2.24, 2.45) is 0 Å². The number of nitrogens with zero attached hydrogens (tertiary/aromatic N) is 1. The second kappa shape index (κ2) is 7.59. The summed E-state index contributed by atoms with van der Waals surface area (Å²) in [5.74, 6) is -1.98. The number of nitrogens with one attached hydrogen (secondary N) is 1. The number of amides is 1. The molecule has 128 valence electrons. The van der Waals surface area contributed by atoms with Gasteiger partial charge in [-0.15, -0.1) is 11.8 Å². The van der Waals surface area contributed by atoms with E-state index in [-0.39, 0.29) is 17.7 Å². The van der Waals surface area contributed by atoms with Crippen LogP contribution < -0.4 is 5.32 Å². The Balaban J connectivity index is 1.76. The molecule has 1 amide bonds. The van der Waals surface area contributed by atoms with Gasteiger partial charge in [-0.2, -0.15) is 0 Å². The van der Waals surface area contributed by atoms with Gasteiger partial charge < -0.3 is 5.32 Å². The Morgan fingerprint density at radius 3 is 2.52 bits per heavy atom. The van der Waals surface area contributed by atoms with E-state index >= 15 is 0 Å². The van der Waals surface area contributed by atoms with Gasteiger partial charge in [0.05, 0.1) is 12.0 Å². The van der Waals surface area contributed by atoms with Crippen molar-refractivity contribution in [2.75, 3.05) is 25.1 Å². The highest BCUT2D eigenvalue weighted by atomic mass is 32.2. The smallest absolute Gasteiger partial charge is 0.230 e. The van der Waals surface area contributed by atoms with Crippen LogP contribution in [0, 0.1) is 11.6 Å². The van der Waals surface area contributed by atoms with E-state index in [1.54, 1.807) is 0 Å². The monoisotopic (exact) mass is 364 g/mol. The Hall–Kier alpha value is -1.19. The van der Waals surface area contributed by atoms with E-state index in [0.717, 1.165) is 23.9 Å². The highest BCUT2D eigenvalue weighted by Gasteiger charge is 2.25. The maximum absolute atomic E-state index is 13.1. The number of sulfonamides is 1. The van der Waals surface area contributed by atoms with Crippen LogP contribution in [-0.2, 0) is 14.8 Å². The van der Waals surface area contributed by atoms with Crippen LogP contribution in [0.4, 0.5) is 8.78 Å². The molecule has 1 aliphatic heterocycles. The summed E-state index contributed by atoms with van der Waals surface area (Å²) in [5.41, 5.74) is 0. The van der Waals surface area contributed by atoms with Gasteiger partial charge in [0.2, 0.25) is 15.9 Å². The van der Waals surface area contributed by atoms with Crippen molar-refractivity contribution in [2.45, 2.75) is 23.8 Å². The summed E-state index contributed by atoms with van der Waals surface area (Å²) < 4.78 is 50.1. The lowest BCUT2D eigenvalue weighted by molar-refractivity contribution is -0.119. The fourth-order valence-electron chi connectivity index (χ4n) is 2.32. The number of hydrogen-bond donors (Lipinski definition) is 1. The first-order valence-electron chi connectivity index (χ1n) is 7.08. The van der Waals surface area contributed by atoms with Crippen molar-refractivity contribution in [1.82, 2.24) is 9.62 Å². The summed E-state index contributed by atoms with van der Waals surface area (Å²) in [5, 5.41) is 2.84. The molecule has 1 heterocycles. The number of hydrogen-bond acceptors (Lipinski definition) is 4. The Labute approximate surface area is 138 Å². The molecule has 1 aromatic rings. The van der Waals surface area contributed by atoms with Crippen molar-refractivity contribution >= 4 is 27.7 Å². The molecule has 0 spiro atoms. The molecule has 1 aliphatic rings. The number of piperidine rings is 1. The molecule has 5 nitrogen and oxygen atoms in total. The number of carbonyl (C=O) groups excluding carboxylic acids is 1. The maximum Gasteiger partial charge on any atom is 0.230 e. The molecule has 0 saturated carbocycles. The molecule has 0 unspecified atom stereocenters. The number of halogens is 2. The van der Waals surface area contributed by atoms with E-state index in [1.807, 2.05) is 0 Å². The second-order valence-electron chi connectivity index (χ2n) is 5.37. The molecule has 23 heavy (non-hydrogen) atoms. The van der Waals surface area contributed by atoms with E-state index in [1.165, 1.54) is 16.6 Å². The SMILES string of the molecule is CS(=O)(=O)N1CCC(NC(=O)CSc2ccc(F)c(F)c2)CC1. The zero-order valence-electron chi connectivity index (χ0n) is 12.6. The average Bonchev–Trinajstić information content (AvgIpc) is 2.48. The van der Waals surface area contributed by atoms with Gasteiger partial charge in [-0.1, -0.05) is 0 Å². The van der Waals surface area contributed by atoms with Gasteiger partial charge in [0, 0.05) is 24.0 Å². The van der Waals surface area contributed by atoms with Gasteiger partial charge >= 0.3 is 0 Å². The number of thioether (sulfide) groups is 1. The van der Waals surface area contributed by atoms with Crippen molar-refractivity contribution < 1.29 is 22.0 Å². The highest BCUT2D eigenvalue weighted by molar-refractivity contribution is 8.00. The normalized spacial score (nSPS) is 17.2. The summed E-state index contributed by atoms with van der Waals surface area (Å²) in [4.78, 5) is 12.4. The first kappa shape index (κ1) is 18.2. The minimum atomic E-state index is -3.18. The van der Waals surface area contributed by atoms with Crippen LogP contribution in [0.5, 0.6) is 0 Å². The molecule has 9 heteroatoms. The summed E-state index contributed by atoms with van der Waals surface area (Å²) >= 11 is 1.12. The predicted octanol–water partition coefficient (Wildman–Crippen LogP) is 1.60. The molecule has 0 bridgehead atoms. The summed E-state index contributed by atoms with van der Waals surface area (Å²) in [7, 11) is -3.18. The third kappa shape index (κ3) is 5.43. The third-order valence-corrected chi connectivity index (χ3v) is 5.85. The van der Waals surface area contributed by atoms with Crippen LogP contribution in [0.2, 0.25) is 0 Å². The molecule has 0 atom stereocenters. The number of rotatable bonds is 5. The Morgan fingerprint density at radius 2 is 1.96 bits per heavy atom. The molecule has 1 aromatic carbocycles. The zero-order valence-corrected chi connectivity index (χ0v) is 14.2. The summed E-state index contributed by atoms with van der Waals surface area (Å²) in [6, 6.07) is 3.43. The maximum atomic E-state index is 13.1. The largest absolute Gasteiger partial charge is 0.353 e. The molecule has 1 saturated heterocycles. The molecule has 0 radical (unpaired) electrons. The molecule has 0 aromatic heterocycles. The number of benzene rings is 1. The third-order valence-electron chi connectivity index (χ3n) is 3.55. The number of carbonyl (C=O) groups is 1. The van der Waals surface area contributed by atoms with E-state index in [4.69, 9.17) is 0 Å². The van der Waals surface area contributed by atoms with Crippen molar-refractivity contribution in [1.29, 1.82) is 0 Å². The average molecular weight is 364 g/mol. The lowest BCUT2D eigenvalue weighted by atomic mass is 10.1. The van der Waals surface area contributed by atoms with E-state index in [9.17, 15) is 22.0 Å². The molecule has 1 N–H and O–H groups in total. The van der Waals surface area contributed by atoms with Crippen LogP contribution in [0.25, 0.3) is 0 Å². The highest BCUT2D eigenvalue weighted by Crippen LogP contribution is 2.20. The Morgan fingerprint density at radius 1 is 1.30 bits per heavy atom. The second-order valence-corrected chi connectivity index (χ2v) is 8.40. The minimum absolute atomic E-state index is 0.0638. The van der Waals surface area contributed by atoms with E-state index in [2.05, 4.69) is 5.32 Å². The van der Waals surface area contributed by atoms with Crippen LogP contribution in [0.1, 0.15) is 12.8 Å². The fourth-order valence-corrected chi connectivity index (χ4v) is 3.92. The Bertz CT molecular complexity index is 675. The van der Waals surface area contributed by atoms with Gasteiger partial charge in [0.25, 0.3) is 0 Å². The van der Waals surface area contributed by atoms with Gasteiger partial charge in [-0.3, -0.25) is 4.79 Å². The zero-order chi connectivity index (χ0) is 17.0. The molecular formula is C14H18F2N2O3S2. The molecule has 0 aliphatic carbocycles. The van der Waals surface area contributed by atoms with Crippen LogP contribution in [0.3, 0.4) is 0 Å². The van der Waals surface area contributed by atoms with Crippen LogP contribution in [0.15, 0.2) is 23.1 Å². The van der Waals surface area contributed by atoms with E-state index < -0.39 is 21.7 Å². The predicted molar refractivity (Wildman–Crippen MR) is 84.7 cm³/mol. The van der Waals surface area contributed by atoms with Gasteiger partial charge in [-0.05, 0) is 31.0 Å².